The van der Waals surface area contributed by atoms with E-state index >= 15 is 0 Å². The Bertz CT molecular complexity index is 891. The van der Waals surface area contributed by atoms with Gasteiger partial charge in [0.15, 0.2) is 11.5 Å². The summed E-state index contributed by atoms with van der Waals surface area (Å²) < 4.78 is 25.9. The topological polar surface area (TPSA) is 61.2 Å². The van der Waals surface area contributed by atoms with E-state index in [9.17, 15) is 4.39 Å². The highest BCUT2D eigenvalue weighted by Crippen LogP contribution is 2.37. The molecule has 0 amide bonds. The van der Waals surface area contributed by atoms with Gasteiger partial charge < -0.3 is 14.9 Å². The molecule has 1 aromatic heterocycles. The molecule has 0 aliphatic carbocycles. The van der Waals surface area contributed by atoms with E-state index in [1.54, 1.807) is 29.5 Å². The van der Waals surface area contributed by atoms with Gasteiger partial charge in [0, 0.05) is 5.56 Å². The average molecular weight is 397 g/mol. The number of benzene rings is 2. The lowest BCUT2D eigenvalue weighted by atomic mass is 10.2. The van der Waals surface area contributed by atoms with Gasteiger partial charge in [0.2, 0.25) is 0 Å². The van der Waals surface area contributed by atoms with Crippen molar-refractivity contribution in [3.8, 4) is 11.5 Å². The fourth-order valence-corrected chi connectivity index (χ4v) is 2.78. The van der Waals surface area contributed by atoms with Gasteiger partial charge in [-0.3, -0.25) is 0 Å². The third kappa shape index (κ3) is 4.36. The summed E-state index contributed by atoms with van der Waals surface area (Å²) in [5, 5.41) is 8.10. The molecular weight excluding hydrogens is 382 g/mol. The Morgan fingerprint density at radius 1 is 1.12 bits per heavy atom. The number of methoxy groups -OCH3 is 1. The van der Waals surface area contributed by atoms with Crippen LogP contribution in [0.25, 0.3) is 0 Å². The minimum Gasteiger partial charge on any atom is -0.493 e. The molecule has 0 saturated heterocycles. The summed E-state index contributed by atoms with van der Waals surface area (Å²) in [5.41, 5.74) is 4.62. The van der Waals surface area contributed by atoms with Gasteiger partial charge >= 0.3 is 0 Å². The second kappa shape index (κ2) is 8.25. The standard InChI is InChI=1S/C17H15Cl2FN4O2/c1-25-16-5-11(7-23-24-9-21-22-10-24)4-15(19)17(16)26-8-12-2-3-13(20)6-14(12)18/h2-6,9-10,23H,7-8H2,1H3. The van der Waals surface area contributed by atoms with Crippen LogP contribution in [-0.4, -0.2) is 22.0 Å². The third-order valence-corrected chi connectivity index (χ3v) is 4.19. The predicted octanol–water partition coefficient (Wildman–Crippen LogP) is 4.06. The average Bonchev–Trinajstić information content (AvgIpc) is 3.13. The minimum atomic E-state index is -0.403. The molecule has 3 rings (SSSR count). The van der Waals surface area contributed by atoms with Crippen molar-refractivity contribution in [1.82, 2.24) is 14.9 Å². The number of rotatable bonds is 7. The van der Waals surface area contributed by atoms with Crippen LogP contribution in [0.1, 0.15) is 11.1 Å². The fourth-order valence-electron chi connectivity index (χ4n) is 2.27. The monoisotopic (exact) mass is 396 g/mol. The maximum Gasteiger partial charge on any atom is 0.180 e. The predicted molar refractivity (Wildman–Crippen MR) is 96.8 cm³/mol. The summed E-state index contributed by atoms with van der Waals surface area (Å²) in [6, 6.07) is 7.70. The molecule has 6 nitrogen and oxygen atoms in total. The molecule has 2 aromatic carbocycles. The largest absolute Gasteiger partial charge is 0.493 e. The molecule has 0 fully saturated rings. The molecule has 1 N–H and O–H groups in total. The number of hydrogen-bond donors (Lipinski definition) is 1. The van der Waals surface area contributed by atoms with E-state index < -0.39 is 5.82 Å². The number of hydrogen-bond acceptors (Lipinski definition) is 5. The second-order valence-corrected chi connectivity index (χ2v) is 6.15. The smallest absolute Gasteiger partial charge is 0.180 e. The molecule has 0 radical (unpaired) electrons. The zero-order valence-electron chi connectivity index (χ0n) is 13.7. The lowest BCUT2D eigenvalue weighted by molar-refractivity contribution is 0.284. The van der Waals surface area contributed by atoms with E-state index in [4.69, 9.17) is 32.7 Å². The van der Waals surface area contributed by atoms with Crippen molar-refractivity contribution in [2.75, 3.05) is 12.5 Å². The highest BCUT2D eigenvalue weighted by Gasteiger charge is 2.13. The van der Waals surface area contributed by atoms with Gasteiger partial charge in [-0.1, -0.05) is 29.3 Å². The first-order valence-electron chi connectivity index (χ1n) is 7.58. The second-order valence-electron chi connectivity index (χ2n) is 5.34. The first kappa shape index (κ1) is 18.3. The van der Waals surface area contributed by atoms with E-state index in [0.717, 1.165) is 5.56 Å². The van der Waals surface area contributed by atoms with Crippen molar-refractivity contribution in [2.45, 2.75) is 13.2 Å². The van der Waals surface area contributed by atoms with Crippen LogP contribution in [0.4, 0.5) is 4.39 Å². The van der Waals surface area contributed by atoms with E-state index in [1.165, 1.54) is 19.2 Å². The van der Waals surface area contributed by atoms with Gasteiger partial charge in [-0.2, -0.15) is 0 Å². The van der Waals surface area contributed by atoms with Gasteiger partial charge in [-0.25, -0.2) is 9.07 Å². The Hall–Kier alpha value is -2.51. The van der Waals surface area contributed by atoms with Crippen LogP contribution in [0.3, 0.4) is 0 Å². The summed E-state index contributed by atoms with van der Waals surface area (Å²) in [6.45, 7) is 0.617. The van der Waals surface area contributed by atoms with Crippen LogP contribution >= 0.6 is 23.2 Å². The van der Waals surface area contributed by atoms with E-state index in [2.05, 4.69) is 15.6 Å². The normalized spacial score (nSPS) is 10.6. The van der Waals surface area contributed by atoms with Crippen LogP contribution in [0.5, 0.6) is 11.5 Å². The minimum absolute atomic E-state index is 0.132. The van der Waals surface area contributed by atoms with E-state index in [1.807, 2.05) is 6.07 Å². The van der Waals surface area contributed by atoms with Gasteiger partial charge in [0.1, 0.15) is 25.1 Å². The summed E-state index contributed by atoms with van der Waals surface area (Å²) >= 11 is 12.4. The van der Waals surface area contributed by atoms with Crippen molar-refractivity contribution in [2.24, 2.45) is 0 Å². The summed E-state index contributed by atoms with van der Waals surface area (Å²) in [7, 11) is 1.53. The molecule has 3 aromatic rings. The quantitative estimate of drug-likeness (QED) is 0.652. The third-order valence-electron chi connectivity index (χ3n) is 3.56. The molecule has 0 saturated carbocycles. The van der Waals surface area contributed by atoms with Crippen molar-refractivity contribution >= 4 is 23.2 Å². The van der Waals surface area contributed by atoms with Gasteiger partial charge in [0.25, 0.3) is 0 Å². The molecule has 136 valence electrons. The SMILES string of the molecule is COc1cc(CNn2cnnc2)cc(Cl)c1OCc1ccc(F)cc1Cl. The van der Waals surface area contributed by atoms with Gasteiger partial charge in [-0.15, -0.1) is 10.2 Å². The maximum atomic E-state index is 13.1. The molecular formula is C17H15Cl2FN4O2. The number of aromatic nitrogens is 3. The molecule has 0 unspecified atom stereocenters. The zero-order valence-corrected chi connectivity index (χ0v) is 15.3. The first-order valence-corrected chi connectivity index (χ1v) is 8.34. The molecule has 1 heterocycles. The van der Waals surface area contributed by atoms with E-state index in [-0.39, 0.29) is 11.6 Å². The highest BCUT2D eigenvalue weighted by molar-refractivity contribution is 6.32. The van der Waals surface area contributed by atoms with Gasteiger partial charge in [0.05, 0.1) is 23.7 Å². The number of nitrogens with zero attached hydrogens (tertiary/aromatic N) is 3. The van der Waals surface area contributed by atoms with Crippen LogP contribution in [0.15, 0.2) is 43.0 Å². The summed E-state index contributed by atoms with van der Waals surface area (Å²) in [5.74, 6) is 0.471. The Balaban J connectivity index is 1.74. The fraction of sp³-hybridized carbons (Fsp3) is 0.176. The first-order chi connectivity index (χ1) is 12.6. The van der Waals surface area contributed by atoms with Crippen molar-refractivity contribution in [3.63, 3.8) is 0 Å². The zero-order chi connectivity index (χ0) is 18.5. The van der Waals surface area contributed by atoms with E-state index in [0.29, 0.717) is 28.6 Å². The summed E-state index contributed by atoms with van der Waals surface area (Å²) in [4.78, 5) is 0. The Morgan fingerprint density at radius 2 is 1.88 bits per heavy atom. The maximum absolute atomic E-state index is 13.1. The Labute approximate surface area is 159 Å². The number of halogens is 3. The Morgan fingerprint density at radius 3 is 2.58 bits per heavy atom. The van der Waals surface area contributed by atoms with Crippen molar-refractivity contribution < 1.29 is 13.9 Å². The molecule has 9 heteroatoms. The van der Waals surface area contributed by atoms with Crippen LogP contribution in [-0.2, 0) is 13.2 Å². The highest BCUT2D eigenvalue weighted by atomic mass is 35.5. The van der Waals surface area contributed by atoms with Crippen LogP contribution in [0, 0.1) is 5.82 Å². The molecule has 26 heavy (non-hydrogen) atoms. The van der Waals surface area contributed by atoms with Crippen LogP contribution in [0.2, 0.25) is 10.0 Å². The lowest BCUT2D eigenvalue weighted by Gasteiger charge is -2.15. The van der Waals surface area contributed by atoms with Crippen LogP contribution < -0.4 is 14.9 Å². The lowest BCUT2D eigenvalue weighted by Crippen LogP contribution is -2.12. The number of nitrogens with one attached hydrogen (secondary N) is 1. The molecule has 0 aliphatic heterocycles. The Kier molecular flexibility index (Phi) is 5.80. The van der Waals surface area contributed by atoms with Crippen molar-refractivity contribution in [3.05, 3.63) is 70.0 Å². The van der Waals surface area contributed by atoms with Gasteiger partial charge in [-0.05, 0) is 29.8 Å². The molecule has 0 spiro atoms. The molecule has 0 aliphatic rings. The van der Waals surface area contributed by atoms with Crippen molar-refractivity contribution in [1.29, 1.82) is 0 Å². The summed E-state index contributed by atoms with van der Waals surface area (Å²) in [6.07, 6.45) is 3.09. The molecule has 0 atom stereocenters. The molecule has 0 bridgehead atoms. The number of ether oxygens (including phenoxy) is 2.